The molecule has 0 fully saturated rings. The number of methoxy groups -OCH3 is 1. The third kappa shape index (κ3) is 4.39. The van der Waals surface area contributed by atoms with E-state index >= 15 is 0 Å². The second-order valence-electron chi connectivity index (χ2n) is 6.38. The van der Waals surface area contributed by atoms with Crippen LogP contribution in [-0.2, 0) is 21.5 Å². The predicted molar refractivity (Wildman–Crippen MR) is 95.4 cm³/mol. The number of aliphatic carboxylic acids is 1. The summed E-state index contributed by atoms with van der Waals surface area (Å²) in [6.45, 7) is 3.12. The number of hydrogen-bond donors (Lipinski definition) is 2. The first-order chi connectivity index (χ1) is 12.3. The number of halogens is 1. The van der Waals surface area contributed by atoms with Crippen molar-refractivity contribution in [3.63, 3.8) is 0 Å². The normalized spacial score (nSPS) is 14.2. The first kappa shape index (κ1) is 19.4. The summed E-state index contributed by atoms with van der Waals surface area (Å²) in [6, 6.07) is 12.4. The smallest absolute Gasteiger partial charge is 0.333 e. The molecule has 0 spiro atoms. The molecule has 6 heteroatoms. The van der Waals surface area contributed by atoms with Crippen molar-refractivity contribution in [1.82, 2.24) is 5.32 Å². The molecule has 2 aromatic rings. The lowest BCUT2D eigenvalue weighted by molar-refractivity contribution is -0.148. The van der Waals surface area contributed by atoms with Gasteiger partial charge in [0.05, 0.1) is 7.11 Å². The van der Waals surface area contributed by atoms with Gasteiger partial charge in [-0.25, -0.2) is 9.18 Å². The van der Waals surface area contributed by atoms with Crippen LogP contribution in [0.3, 0.4) is 0 Å². The summed E-state index contributed by atoms with van der Waals surface area (Å²) in [6.07, 6.45) is 0.453. The molecule has 138 valence electrons. The molecule has 0 radical (unpaired) electrons. The number of carboxylic acids is 1. The largest absolute Gasteiger partial charge is 0.497 e. The summed E-state index contributed by atoms with van der Waals surface area (Å²) >= 11 is 0. The Hall–Kier alpha value is -2.89. The number of nitrogens with one attached hydrogen (secondary N) is 1. The Balaban J connectivity index is 2.13. The monoisotopic (exact) mass is 359 g/mol. The summed E-state index contributed by atoms with van der Waals surface area (Å²) in [5.74, 6) is -1.80. The molecule has 0 aliphatic carbocycles. The standard InChI is InChI=1S/C20H22FNO4/c1-13(12-14-4-10-17(26-3)11-5-14)18(23)22-20(2,19(24)25)15-6-8-16(21)9-7-15/h4-11,13H,12H2,1-3H3,(H,22,23)(H,24,25). The third-order valence-corrected chi connectivity index (χ3v) is 4.37. The van der Waals surface area contributed by atoms with E-state index in [1.54, 1.807) is 26.2 Å². The van der Waals surface area contributed by atoms with Crippen LogP contribution in [0.5, 0.6) is 5.75 Å². The molecule has 0 heterocycles. The molecule has 0 aliphatic heterocycles. The van der Waals surface area contributed by atoms with Crippen molar-refractivity contribution in [2.45, 2.75) is 25.8 Å². The van der Waals surface area contributed by atoms with Gasteiger partial charge in [-0.2, -0.15) is 0 Å². The molecule has 5 nitrogen and oxygen atoms in total. The van der Waals surface area contributed by atoms with Crippen molar-refractivity contribution in [2.24, 2.45) is 5.92 Å². The van der Waals surface area contributed by atoms with Gasteiger partial charge >= 0.3 is 5.97 Å². The molecule has 0 aromatic heterocycles. The number of carbonyl (C=O) groups excluding carboxylic acids is 1. The minimum absolute atomic E-state index is 0.302. The molecular formula is C20H22FNO4. The number of ether oxygens (including phenoxy) is 1. The fourth-order valence-corrected chi connectivity index (χ4v) is 2.61. The maximum Gasteiger partial charge on any atom is 0.333 e. The molecule has 2 atom stereocenters. The Labute approximate surface area is 151 Å². The average Bonchev–Trinajstić information content (AvgIpc) is 2.62. The second kappa shape index (κ2) is 7.99. The van der Waals surface area contributed by atoms with Crippen molar-refractivity contribution in [2.75, 3.05) is 7.11 Å². The van der Waals surface area contributed by atoms with E-state index in [1.807, 2.05) is 12.1 Å². The molecule has 2 unspecified atom stereocenters. The highest BCUT2D eigenvalue weighted by atomic mass is 19.1. The van der Waals surface area contributed by atoms with E-state index in [0.29, 0.717) is 12.0 Å². The molecule has 0 aliphatic rings. The van der Waals surface area contributed by atoms with Crippen LogP contribution in [0.2, 0.25) is 0 Å². The van der Waals surface area contributed by atoms with Crippen molar-refractivity contribution >= 4 is 11.9 Å². The lowest BCUT2D eigenvalue weighted by Crippen LogP contribution is -2.51. The van der Waals surface area contributed by atoms with Crippen LogP contribution in [0.25, 0.3) is 0 Å². The fraction of sp³-hybridized carbons (Fsp3) is 0.300. The first-order valence-electron chi connectivity index (χ1n) is 8.20. The predicted octanol–water partition coefficient (Wildman–Crippen LogP) is 3.13. The van der Waals surface area contributed by atoms with Gasteiger partial charge in [-0.15, -0.1) is 0 Å². The van der Waals surface area contributed by atoms with Crippen molar-refractivity contribution < 1.29 is 23.8 Å². The lowest BCUT2D eigenvalue weighted by Gasteiger charge is -2.28. The van der Waals surface area contributed by atoms with E-state index in [-0.39, 0.29) is 0 Å². The number of benzene rings is 2. The van der Waals surface area contributed by atoms with Crippen molar-refractivity contribution in [1.29, 1.82) is 0 Å². The van der Waals surface area contributed by atoms with E-state index in [4.69, 9.17) is 4.74 Å². The van der Waals surface area contributed by atoms with Crippen LogP contribution in [0.1, 0.15) is 25.0 Å². The van der Waals surface area contributed by atoms with Gasteiger partial charge in [0.2, 0.25) is 5.91 Å². The van der Waals surface area contributed by atoms with E-state index < -0.39 is 29.2 Å². The zero-order valence-electron chi connectivity index (χ0n) is 15.0. The van der Waals surface area contributed by atoms with Crippen molar-refractivity contribution in [3.05, 3.63) is 65.5 Å². The van der Waals surface area contributed by atoms with E-state index in [0.717, 1.165) is 11.3 Å². The van der Waals surface area contributed by atoms with Crippen molar-refractivity contribution in [3.8, 4) is 5.75 Å². The maximum absolute atomic E-state index is 13.1. The quantitative estimate of drug-likeness (QED) is 0.796. The molecule has 1 amide bonds. The van der Waals surface area contributed by atoms with Crippen LogP contribution >= 0.6 is 0 Å². The first-order valence-corrected chi connectivity index (χ1v) is 8.20. The number of amides is 1. The van der Waals surface area contributed by atoms with Gasteiger partial charge in [-0.1, -0.05) is 31.2 Å². The molecule has 26 heavy (non-hydrogen) atoms. The number of carbonyl (C=O) groups is 2. The summed E-state index contributed by atoms with van der Waals surface area (Å²) in [5, 5.41) is 12.2. The third-order valence-electron chi connectivity index (χ3n) is 4.37. The Bertz CT molecular complexity index is 773. The summed E-state index contributed by atoms with van der Waals surface area (Å²) in [4.78, 5) is 24.3. The van der Waals surface area contributed by atoms with Gasteiger partial charge in [-0.3, -0.25) is 4.79 Å². The summed E-state index contributed by atoms with van der Waals surface area (Å²) < 4.78 is 18.2. The molecule has 0 saturated heterocycles. The van der Waals surface area contributed by atoms with Gasteiger partial charge in [0, 0.05) is 5.92 Å². The molecule has 0 saturated carbocycles. The van der Waals surface area contributed by atoms with Gasteiger partial charge < -0.3 is 15.2 Å². The Kier molecular flexibility index (Phi) is 5.97. The zero-order chi connectivity index (χ0) is 19.3. The number of hydrogen-bond acceptors (Lipinski definition) is 3. The average molecular weight is 359 g/mol. The Morgan fingerprint density at radius 3 is 2.23 bits per heavy atom. The minimum atomic E-state index is -1.64. The summed E-state index contributed by atoms with van der Waals surface area (Å²) in [7, 11) is 1.58. The molecule has 2 N–H and O–H groups in total. The highest BCUT2D eigenvalue weighted by molar-refractivity contribution is 5.88. The lowest BCUT2D eigenvalue weighted by atomic mass is 9.90. The van der Waals surface area contributed by atoms with Crippen LogP contribution in [0.4, 0.5) is 4.39 Å². The zero-order valence-corrected chi connectivity index (χ0v) is 15.0. The number of carboxylic acid groups (broad SMARTS) is 1. The summed E-state index contributed by atoms with van der Waals surface area (Å²) in [5.41, 5.74) is -0.400. The highest BCUT2D eigenvalue weighted by Gasteiger charge is 2.37. The number of rotatable bonds is 7. The molecule has 0 bridgehead atoms. The maximum atomic E-state index is 13.1. The molecule has 2 aromatic carbocycles. The topological polar surface area (TPSA) is 75.6 Å². The van der Waals surface area contributed by atoms with Crippen LogP contribution in [0.15, 0.2) is 48.5 Å². The van der Waals surface area contributed by atoms with Gasteiger partial charge in [0.1, 0.15) is 11.6 Å². The van der Waals surface area contributed by atoms with Gasteiger partial charge in [0.15, 0.2) is 5.54 Å². The Morgan fingerprint density at radius 1 is 1.15 bits per heavy atom. The van der Waals surface area contributed by atoms with Crippen LogP contribution in [0, 0.1) is 11.7 Å². The second-order valence-corrected chi connectivity index (χ2v) is 6.38. The molecule has 2 rings (SSSR count). The molecular weight excluding hydrogens is 337 g/mol. The van der Waals surface area contributed by atoms with Gasteiger partial charge in [-0.05, 0) is 48.7 Å². The van der Waals surface area contributed by atoms with E-state index in [9.17, 15) is 19.1 Å². The van der Waals surface area contributed by atoms with Gasteiger partial charge in [0.25, 0.3) is 0 Å². The van der Waals surface area contributed by atoms with E-state index in [1.165, 1.54) is 31.2 Å². The van der Waals surface area contributed by atoms with Crippen LogP contribution < -0.4 is 10.1 Å². The Morgan fingerprint density at radius 2 is 1.73 bits per heavy atom. The fourth-order valence-electron chi connectivity index (χ4n) is 2.61. The minimum Gasteiger partial charge on any atom is -0.497 e. The van der Waals surface area contributed by atoms with E-state index in [2.05, 4.69) is 5.32 Å². The SMILES string of the molecule is COc1ccc(CC(C)C(=O)NC(C)(C(=O)O)c2ccc(F)cc2)cc1. The highest BCUT2D eigenvalue weighted by Crippen LogP contribution is 2.23. The van der Waals surface area contributed by atoms with Crippen LogP contribution in [-0.4, -0.2) is 24.1 Å².